The SMILES string of the molecule is c1ccc([C@H]2CC[C@H](c3ccccc3)N2P2OC3CCC4CCCCC4C3C3C(CCC4CCCCC43)O2)cc1. The maximum atomic E-state index is 7.49. The topological polar surface area (TPSA) is 21.7 Å². The fraction of sp³-hybridized carbons (Fsp3) is 0.667. The molecule has 2 aliphatic heterocycles. The Morgan fingerprint density at radius 1 is 0.500 bits per heavy atom. The van der Waals surface area contributed by atoms with Crippen LogP contribution in [0.3, 0.4) is 0 Å². The molecular weight excluding hydrogens is 509 g/mol. The highest BCUT2D eigenvalue weighted by Crippen LogP contribution is 2.67. The first kappa shape index (κ1) is 26.4. The van der Waals surface area contributed by atoms with E-state index in [0.29, 0.717) is 24.3 Å². The molecule has 2 aromatic rings. The van der Waals surface area contributed by atoms with Crippen molar-refractivity contribution < 1.29 is 9.05 Å². The Balaban J connectivity index is 1.19. The van der Waals surface area contributed by atoms with Gasteiger partial charge < -0.3 is 9.05 Å². The average molecular weight is 558 g/mol. The van der Waals surface area contributed by atoms with Crippen LogP contribution in [0.5, 0.6) is 0 Å². The van der Waals surface area contributed by atoms with Gasteiger partial charge in [0.1, 0.15) is 0 Å². The number of hydrogen-bond donors (Lipinski definition) is 0. The summed E-state index contributed by atoms with van der Waals surface area (Å²) in [4.78, 5) is 0. The number of fused-ring (bicyclic) bond motifs is 7. The first-order chi connectivity index (χ1) is 19.8. The molecule has 4 aliphatic carbocycles. The highest BCUT2D eigenvalue weighted by Gasteiger charge is 2.57. The lowest BCUT2D eigenvalue weighted by Gasteiger charge is -2.53. The van der Waals surface area contributed by atoms with E-state index < -0.39 is 8.53 Å². The maximum Gasteiger partial charge on any atom is 0.260 e. The van der Waals surface area contributed by atoms with Crippen LogP contribution in [-0.2, 0) is 9.05 Å². The Hall–Kier alpha value is -1.25. The molecule has 6 fully saturated rings. The van der Waals surface area contributed by atoms with E-state index in [2.05, 4.69) is 65.3 Å². The number of hydrogen-bond acceptors (Lipinski definition) is 3. The lowest BCUT2D eigenvalue weighted by molar-refractivity contribution is -0.0856. The fourth-order valence-electron chi connectivity index (χ4n) is 10.6. The molecule has 4 heteroatoms. The van der Waals surface area contributed by atoms with Crippen LogP contribution in [0.2, 0.25) is 0 Å². The first-order valence-corrected chi connectivity index (χ1v) is 18.0. The van der Waals surface area contributed by atoms with Gasteiger partial charge in [-0.15, -0.1) is 0 Å². The van der Waals surface area contributed by atoms with E-state index in [1.165, 1.54) is 101 Å². The van der Waals surface area contributed by atoms with E-state index >= 15 is 0 Å². The van der Waals surface area contributed by atoms with Gasteiger partial charge in [0.05, 0.1) is 12.2 Å². The van der Waals surface area contributed by atoms with Crippen molar-refractivity contribution >= 4 is 8.53 Å². The monoisotopic (exact) mass is 557 g/mol. The lowest BCUT2D eigenvalue weighted by Crippen LogP contribution is -2.51. The Morgan fingerprint density at radius 3 is 1.43 bits per heavy atom. The highest BCUT2D eigenvalue weighted by molar-refractivity contribution is 7.44. The molecule has 0 radical (unpaired) electrons. The van der Waals surface area contributed by atoms with Crippen LogP contribution < -0.4 is 0 Å². The molecule has 214 valence electrons. The van der Waals surface area contributed by atoms with Gasteiger partial charge in [-0.2, -0.15) is 0 Å². The van der Waals surface area contributed by atoms with E-state index in [1.54, 1.807) is 0 Å². The third kappa shape index (κ3) is 4.72. The Bertz CT molecular complexity index is 1040. The molecule has 6 aliphatic rings. The molecule has 2 heterocycles. The summed E-state index contributed by atoms with van der Waals surface area (Å²) in [6.45, 7) is 0. The molecule has 8 rings (SSSR count). The van der Waals surface area contributed by atoms with Crippen LogP contribution in [0.25, 0.3) is 0 Å². The summed E-state index contributed by atoms with van der Waals surface area (Å²) in [6, 6.07) is 23.2. The second-order valence-corrected chi connectivity index (χ2v) is 15.4. The van der Waals surface area contributed by atoms with Gasteiger partial charge in [0, 0.05) is 12.1 Å². The van der Waals surface area contributed by atoms with E-state index in [9.17, 15) is 0 Å². The summed E-state index contributed by atoms with van der Waals surface area (Å²) in [5.41, 5.74) is 2.86. The summed E-state index contributed by atoms with van der Waals surface area (Å²) in [5.74, 6) is 5.05. The first-order valence-electron chi connectivity index (χ1n) is 16.9. The van der Waals surface area contributed by atoms with Gasteiger partial charge in [-0.3, -0.25) is 0 Å². The van der Waals surface area contributed by atoms with Crippen molar-refractivity contribution in [2.24, 2.45) is 35.5 Å². The molecule has 0 spiro atoms. The average Bonchev–Trinajstić information content (AvgIpc) is 3.39. The van der Waals surface area contributed by atoms with Crippen LogP contribution in [0, 0.1) is 35.5 Å². The number of rotatable bonds is 3. The molecule has 2 aromatic carbocycles. The van der Waals surface area contributed by atoms with Crippen LogP contribution in [0.15, 0.2) is 60.7 Å². The molecule has 2 saturated heterocycles. The Labute approximate surface area is 243 Å². The van der Waals surface area contributed by atoms with Crippen molar-refractivity contribution in [3.8, 4) is 0 Å². The second kappa shape index (κ2) is 11.4. The molecule has 8 unspecified atom stereocenters. The molecular formula is C36H48NO2P. The van der Waals surface area contributed by atoms with E-state index in [-0.39, 0.29) is 0 Å². The van der Waals surface area contributed by atoms with Gasteiger partial charge in [0.25, 0.3) is 8.53 Å². The third-order valence-corrected chi connectivity index (χ3v) is 14.1. The predicted molar refractivity (Wildman–Crippen MR) is 162 cm³/mol. The van der Waals surface area contributed by atoms with E-state index in [4.69, 9.17) is 9.05 Å². The van der Waals surface area contributed by atoms with Crippen molar-refractivity contribution in [2.75, 3.05) is 0 Å². The zero-order valence-electron chi connectivity index (χ0n) is 24.2. The molecule has 3 nitrogen and oxygen atoms in total. The van der Waals surface area contributed by atoms with E-state index in [0.717, 1.165) is 35.5 Å². The molecule has 0 N–H and O–H groups in total. The van der Waals surface area contributed by atoms with Crippen LogP contribution in [0.1, 0.15) is 113 Å². The van der Waals surface area contributed by atoms with Crippen molar-refractivity contribution in [1.82, 2.24) is 4.67 Å². The maximum absolute atomic E-state index is 7.49. The Morgan fingerprint density at radius 2 is 0.950 bits per heavy atom. The summed E-state index contributed by atoms with van der Waals surface area (Å²) in [6.07, 6.45) is 20.0. The Kier molecular flexibility index (Phi) is 7.55. The van der Waals surface area contributed by atoms with Crippen molar-refractivity contribution in [3.05, 3.63) is 71.8 Å². The lowest BCUT2D eigenvalue weighted by atomic mass is 9.53. The summed E-state index contributed by atoms with van der Waals surface area (Å²) in [7, 11) is -1.13. The predicted octanol–water partition coefficient (Wildman–Crippen LogP) is 10.0. The van der Waals surface area contributed by atoms with Crippen LogP contribution in [0.4, 0.5) is 0 Å². The standard InChI is InChI=1S/C36H48NO2P/c1-3-13-27(14-4-1)31-21-22-32(28-15-5-2-6-16-28)37(31)40-38-33-23-19-25-11-7-9-17-29(25)35(33)36-30-18-10-8-12-26(30)20-24-34(36)39-40/h1-6,13-16,25-26,29-36H,7-12,17-24H2/t25?,26?,29?,30?,31-,32-,33?,34?,35?,36?,40?/m1/s1. The highest BCUT2D eigenvalue weighted by atomic mass is 31.2. The third-order valence-electron chi connectivity index (χ3n) is 12.2. The van der Waals surface area contributed by atoms with Gasteiger partial charge >= 0.3 is 0 Å². The van der Waals surface area contributed by atoms with E-state index in [1.807, 2.05) is 0 Å². The van der Waals surface area contributed by atoms with Gasteiger partial charge in [0.2, 0.25) is 0 Å². The van der Waals surface area contributed by atoms with Gasteiger partial charge in [-0.25, -0.2) is 4.67 Å². The zero-order chi connectivity index (χ0) is 26.5. The normalized spacial score (nSPS) is 43.5. The quantitative estimate of drug-likeness (QED) is 0.351. The minimum absolute atomic E-state index is 0.365. The van der Waals surface area contributed by atoms with Crippen molar-refractivity contribution in [3.63, 3.8) is 0 Å². The van der Waals surface area contributed by atoms with Gasteiger partial charge in [0.15, 0.2) is 0 Å². The summed E-state index contributed by atoms with van der Waals surface area (Å²) in [5, 5.41) is 0. The molecule has 40 heavy (non-hydrogen) atoms. The van der Waals surface area contributed by atoms with Crippen molar-refractivity contribution in [1.29, 1.82) is 0 Å². The van der Waals surface area contributed by atoms with Gasteiger partial charge in [-0.05, 0) is 98.0 Å². The minimum Gasteiger partial charge on any atom is -0.318 e. The molecule has 4 saturated carbocycles. The zero-order valence-corrected chi connectivity index (χ0v) is 25.1. The second-order valence-electron chi connectivity index (χ2n) is 14.1. The molecule has 0 amide bonds. The van der Waals surface area contributed by atoms with Crippen molar-refractivity contribution in [2.45, 2.75) is 114 Å². The minimum atomic E-state index is -1.13. The fourth-order valence-corrected chi connectivity index (χ4v) is 12.8. The van der Waals surface area contributed by atoms with Gasteiger partial charge in [-0.1, -0.05) is 99.2 Å². The molecule has 0 aromatic heterocycles. The molecule has 10 atom stereocenters. The number of nitrogens with zero attached hydrogens (tertiary/aromatic N) is 1. The van der Waals surface area contributed by atoms with Crippen LogP contribution >= 0.6 is 8.53 Å². The molecule has 0 bridgehead atoms. The number of benzene rings is 2. The van der Waals surface area contributed by atoms with Crippen LogP contribution in [-0.4, -0.2) is 16.9 Å². The largest absolute Gasteiger partial charge is 0.318 e. The summed E-state index contributed by atoms with van der Waals surface area (Å²) >= 11 is 0. The smallest absolute Gasteiger partial charge is 0.260 e. The summed E-state index contributed by atoms with van der Waals surface area (Å²) < 4.78 is 17.7.